The molecule has 78 valence electrons. The molecule has 0 rings (SSSR count). The summed E-state index contributed by atoms with van der Waals surface area (Å²) < 4.78 is 5.11. The van der Waals surface area contributed by atoms with E-state index in [1.807, 2.05) is 12.2 Å². The van der Waals surface area contributed by atoms with Crippen LogP contribution in [0.15, 0.2) is 12.2 Å². The van der Waals surface area contributed by atoms with Crippen molar-refractivity contribution in [2.75, 3.05) is 26.1 Å². The van der Waals surface area contributed by atoms with Crippen LogP contribution in [0.2, 0.25) is 0 Å². The van der Waals surface area contributed by atoms with Crippen LogP contribution < -0.4 is 5.32 Å². The maximum Gasteiger partial charge on any atom is 0.0618 e. The van der Waals surface area contributed by atoms with E-state index >= 15 is 0 Å². The van der Waals surface area contributed by atoms with Crippen LogP contribution in [0.25, 0.3) is 0 Å². The monoisotopic (exact) mass is 205 g/mol. The van der Waals surface area contributed by atoms with E-state index < -0.39 is 0 Å². The molecule has 0 aliphatic heterocycles. The van der Waals surface area contributed by atoms with Gasteiger partial charge in [-0.3, -0.25) is 0 Å². The second-order valence-electron chi connectivity index (χ2n) is 3.34. The molecular weight excluding hydrogens is 186 g/mol. The summed E-state index contributed by atoms with van der Waals surface area (Å²) in [6, 6.07) is 0.421. The predicted octanol–water partition coefficient (Wildman–Crippen LogP) is 2.04. The maximum atomic E-state index is 5.50. The number of alkyl halides is 1. The molecule has 0 radical (unpaired) electrons. The number of methoxy groups -OCH3 is 1. The van der Waals surface area contributed by atoms with E-state index in [1.165, 1.54) is 0 Å². The Kier molecular flexibility index (Phi) is 8.51. The first-order chi connectivity index (χ1) is 6.22. The molecular formula is C10H20ClNO. The summed E-state index contributed by atoms with van der Waals surface area (Å²) in [6.07, 6.45) is 3.98. The molecule has 2 nitrogen and oxygen atoms in total. The Balaban J connectivity index is 3.62. The molecule has 3 heteroatoms. The average molecular weight is 206 g/mol. The summed E-state index contributed by atoms with van der Waals surface area (Å²) in [5.41, 5.74) is 0. The lowest BCUT2D eigenvalue weighted by Gasteiger charge is -2.20. The third-order valence-corrected chi connectivity index (χ3v) is 2.08. The molecule has 0 saturated heterocycles. The summed E-state index contributed by atoms with van der Waals surface area (Å²) in [5.74, 6) is 1.17. The van der Waals surface area contributed by atoms with Crippen molar-refractivity contribution in [2.45, 2.75) is 19.9 Å². The Morgan fingerprint density at radius 1 is 1.38 bits per heavy atom. The summed E-state index contributed by atoms with van der Waals surface area (Å²) in [5, 5.41) is 3.38. The van der Waals surface area contributed by atoms with Crippen LogP contribution in [0.5, 0.6) is 0 Å². The topological polar surface area (TPSA) is 21.3 Å². The molecule has 0 saturated carbocycles. The van der Waals surface area contributed by atoms with Gasteiger partial charge in [-0.05, 0) is 5.92 Å². The fraction of sp³-hybridized carbons (Fsp3) is 0.800. The zero-order chi connectivity index (χ0) is 10.1. The highest BCUT2D eigenvalue weighted by Crippen LogP contribution is 2.01. The molecule has 1 N–H and O–H groups in total. The second-order valence-corrected chi connectivity index (χ2v) is 3.65. The first kappa shape index (κ1) is 12.9. The van der Waals surface area contributed by atoms with Crippen LogP contribution in [0.4, 0.5) is 0 Å². The molecule has 0 aromatic carbocycles. The standard InChI is InChI=1S/C10H20ClNO/c1-9(2)10(8-13-3)12-7-5-4-6-11/h4-5,9-10,12H,6-8H2,1-3H3/b5-4+. The minimum absolute atomic E-state index is 0.421. The van der Waals surface area contributed by atoms with Crippen molar-refractivity contribution in [3.05, 3.63) is 12.2 Å². The molecule has 13 heavy (non-hydrogen) atoms. The molecule has 1 unspecified atom stereocenters. The molecule has 0 amide bonds. The first-order valence-corrected chi connectivity index (χ1v) is 5.19. The molecule has 0 aromatic rings. The number of ether oxygens (including phenoxy) is 1. The van der Waals surface area contributed by atoms with Crippen molar-refractivity contribution in [3.63, 3.8) is 0 Å². The van der Waals surface area contributed by atoms with Gasteiger partial charge in [0.05, 0.1) is 6.61 Å². The van der Waals surface area contributed by atoms with E-state index in [4.69, 9.17) is 16.3 Å². The molecule has 0 bridgehead atoms. The second kappa shape index (κ2) is 8.54. The number of hydrogen-bond donors (Lipinski definition) is 1. The van der Waals surface area contributed by atoms with Crippen LogP contribution in [-0.4, -0.2) is 32.2 Å². The molecule has 1 atom stereocenters. The van der Waals surface area contributed by atoms with Crippen LogP contribution in [0.3, 0.4) is 0 Å². The van der Waals surface area contributed by atoms with Crippen LogP contribution in [-0.2, 0) is 4.74 Å². The average Bonchev–Trinajstić information content (AvgIpc) is 2.10. The van der Waals surface area contributed by atoms with E-state index in [9.17, 15) is 0 Å². The van der Waals surface area contributed by atoms with Crippen molar-refractivity contribution in [1.82, 2.24) is 5.32 Å². The van der Waals surface area contributed by atoms with Gasteiger partial charge >= 0.3 is 0 Å². The van der Waals surface area contributed by atoms with Crippen LogP contribution in [0, 0.1) is 5.92 Å². The molecule has 0 aliphatic rings. The van der Waals surface area contributed by atoms with Gasteiger partial charge in [0, 0.05) is 25.6 Å². The van der Waals surface area contributed by atoms with Crippen LogP contribution >= 0.6 is 11.6 Å². The van der Waals surface area contributed by atoms with Crippen LogP contribution in [0.1, 0.15) is 13.8 Å². The molecule has 0 heterocycles. The zero-order valence-corrected chi connectivity index (χ0v) is 9.47. The summed E-state index contributed by atoms with van der Waals surface area (Å²) in [4.78, 5) is 0. The van der Waals surface area contributed by atoms with Gasteiger partial charge in [-0.25, -0.2) is 0 Å². The minimum Gasteiger partial charge on any atom is -0.383 e. The van der Waals surface area contributed by atoms with E-state index in [1.54, 1.807) is 7.11 Å². The van der Waals surface area contributed by atoms with Gasteiger partial charge in [-0.15, -0.1) is 11.6 Å². The lowest BCUT2D eigenvalue weighted by molar-refractivity contribution is 0.149. The maximum absolute atomic E-state index is 5.50. The summed E-state index contributed by atoms with van der Waals surface area (Å²) in [7, 11) is 1.73. The van der Waals surface area contributed by atoms with Gasteiger partial charge in [0.25, 0.3) is 0 Å². The smallest absolute Gasteiger partial charge is 0.0618 e. The van der Waals surface area contributed by atoms with E-state index in [-0.39, 0.29) is 0 Å². The minimum atomic E-state index is 0.421. The Morgan fingerprint density at radius 3 is 2.54 bits per heavy atom. The fourth-order valence-electron chi connectivity index (χ4n) is 1.03. The number of hydrogen-bond acceptors (Lipinski definition) is 2. The Labute approximate surface area is 86.3 Å². The number of nitrogens with one attached hydrogen (secondary N) is 1. The largest absolute Gasteiger partial charge is 0.383 e. The first-order valence-electron chi connectivity index (χ1n) is 4.65. The molecule has 0 fully saturated rings. The Bertz CT molecular complexity index is 137. The molecule has 0 aliphatic carbocycles. The summed E-state index contributed by atoms with van der Waals surface area (Å²) in [6.45, 7) is 5.98. The Hall–Kier alpha value is -0.0500. The van der Waals surface area contributed by atoms with Crippen molar-refractivity contribution < 1.29 is 4.74 Å². The van der Waals surface area contributed by atoms with E-state index in [0.29, 0.717) is 17.8 Å². The highest BCUT2D eigenvalue weighted by atomic mass is 35.5. The lowest BCUT2D eigenvalue weighted by atomic mass is 10.1. The zero-order valence-electron chi connectivity index (χ0n) is 8.72. The van der Waals surface area contributed by atoms with Crippen molar-refractivity contribution in [2.24, 2.45) is 5.92 Å². The van der Waals surface area contributed by atoms with Gasteiger partial charge in [0.15, 0.2) is 0 Å². The van der Waals surface area contributed by atoms with Gasteiger partial charge < -0.3 is 10.1 Å². The normalized spacial score (nSPS) is 14.2. The van der Waals surface area contributed by atoms with Gasteiger partial charge in [-0.1, -0.05) is 26.0 Å². The SMILES string of the molecule is COCC(NC/C=C/CCl)C(C)C. The Morgan fingerprint density at radius 2 is 2.08 bits per heavy atom. The fourth-order valence-corrected chi connectivity index (χ4v) is 1.16. The quantitative estimate of drug-likeness (QED) is 0.508. The van der Waals surface area contributed by atoms with Gasteiger partial charge in [0.2, 0.25) is 0 Å². The number of allylic oxidation sites excluding steroid dienone is 1. The molecule has 0 spiro atoms. The van der Waals surface area contributed by atoms with Crippen molar-refractivity contribution in [1.29, 1.82) is 0 Å². The van der Waals surface area contributed by atoms with Gasteiger partial charge in [-0.2, -0.15) is 0 Å². The lowest BCUT2D eigenvalue weighted by Crippen LogP contribution is -2.37. The highest BCUT2D eigenvalue weighted by molar-refractivity contribution is 6.18. The van der Waals surface area contributed by atoms with E-state index in [0.717, 1.165) is 13.2 Å². The van der Waals surface area contributed by atoms with Crippen molar-refractivity contribution >= 4 is 11.6 Å². The third-order valence-electron chi connectivity index (χ3n) is 1.90. The predicted molar refractivity (Wildman–Crippen MR) is 58.4 cm³/mol. The van der Waals surface area contributed by atoms with Gasteiger partial charge in [0.1, 0.15) is 0 Å². The molecule has 0 aromatic heterocycles. The number of halogens is 1. The summed E-state index contributed by atoms with van der Waals surface area (Å²) >= 11 is 5.50. The van der Waals surface area contributed by atoms with Crippen molar-refractivity contribution in [3.8, 4) is 0 Å². The highest BCUT2D eigenvalue weighted by Gasteiger charge is 2.10. The van der Waals surface area contributed by atoms with E-state index in [2.05, 4.69) is 19.2 Å². The third kappa shape index (κ3) is 7.05. The number of rotatable bonds is 7.